The Kier molecular flexibility index (Phi) is 4.76. The average Bonchev–Trinajstić information content (AvgIpc) is 2.57. The zero-order valence-electron chi connectivity index (χ0n) is 13.3. The molecule has 0 N–H and O–H groups in total. The first kappa shape index (κ1) is 15.7. The van der Waals surface area contributed by atoms with Crippen molar-refractivity contribution in [2.24, 2.45) is 5.92 Å². The summed E-state index contributed by atoms with van der Waals surface area (Å²) in [6, 6.07) is 12.0. The van der Waals surface area contributed by atoms with Crippen LogP contribution in [-0.4, -0.2) is 0 Å². The molecule has 0 saturated heterocycles. The van der Waals surface area contributed by atoms with Gasteiger partial charge in [-0.15, -0.1) is 0 Å². The van der Waals surface area contributed by atoms with Crippen LogP contribution >= 0.6 is 0 Å². The quantitative estimate of drug-likeness (QED) is 0.596. The van der Waals surface area contributed by atoms with Gasteiger partial charge < -0.3 is 0 Å². The molecule has 0 aliphatic heterocycles. The molecular weight excluding hydrogens is 290 g/mol. The fourth-order valence-corrected chi connectivity index (χ4v) is 3.15. The lowest BCUT2D eigenvalue weighted by molar-refractivity contribution is 0.348. The predicted molar refractivity (Wildman–Crippen MR) is 89.2 cm³/mol. The number of rotatable bonds is 1. The van der Waals surface area contributed by atoms with Crippen molar-refractivity contribution < 1.29 is 8.78 Å². The second kappa shape index (κ2) is 6.96. The van der Waals surface area contributed by atoms with E-state index in [4.69, 9.17) is 0 Å². The Labute approximate surface area is 136 Å². The average molecular weight is 310 g/mol. The normalized spacial score (nSPS) is 20.7. The highest BCUT2D eigenvalue weighted by Gasteiger charge is 2.19. The Morgan fingerprint density at radius 1 is 0.783 bits per heavy atom. The van der Waals surface area contributed by atoms with Gasteiger partial charge in [-0.3, -0.25) is 0 Å². The first-order valence-corrected chi connectivity index (χ1v) is 8.19. The fourth-order valence-electron chi connectivity index (χ4n) is 3.15. The van der Waals surface area contributed by atoms with Crippen molar-refractivity contribution in [2.45, 2.75) is 38.5 Å². The van der Waals surface area contributed by atoms with Gasteiger partial charge in [-0.05, 0) is 60.6 Å². The zero-order chi connectivity index (χ0) is 16.2. The summed E-state index contributed by atoms with van der Waals surface area (Å²) in [6.45, 7) is 2.33. The third-order valence-electron chi connectivity index (χ3n) is 4.67. The summed E-state index contributed by atoms with van der Waals surface area (Å²) in [5.74, 6) is 5.70. The molecule has 0 nitrogen and oxygen atoms in total. The van der Waals surface area contributed by atoms with E-state index < -0.39 is 11.6 Å². The predicted octanol–water partition coefficient (Wildman–Crippen LogP) is 5.66. The molecular formula is C21H20F2. The molecule has 3 rings (SSSR count). The van der Waals surface area contributed by atoms with E-state index >= 15 is 0 Å². The monoisotopic (exact) mass is 310 g/mol. The molecule has 2 heteroatoms. The molecule has 1 aliphatic carbocycles. The van der Waals surface area contributed by atoms with Crippen molar-refractivity contribution in [3.63, 3.8) is 0 Å². The zero-order valence-corrected chi connectivity index (χ0v) is 13.3. The Morgan fingerprint density at radius 3 is 2.04 bits per heavy atom. The summed E-state index contributed by atoms with van der Waals surface area (Å²) in [5.41, 5.74) is 2.76. The Bertz CT molecular complexity index is 727. The highest BCUT2D eigenvalue weighted by atomic mass is 19.2. The van der Waals surface area contributed by atoms with Gasteiger partial charge in [0.25, 0.3) is 0 Å². The number of hydrogen-bond acceptors (Lipinski definition) is 0. The molecule has 0 atom stereocenters. The van der Waals surface area contributed by atoms with Crippen LogP contribution in [0, 0.1) is 29.4 Å². The lowest BCUT2D eigenvalue weighted by atomic mass is 9.79. The van der Waals surface area contributed by atoms with Crippen molar-refractivity contribution in [1.29, 1.82) is 0 Å². The van der Waals surface area contributed by atoms with E-state index in [0.717, 1.165) is 23.6 Å². The van der Waals surface area contributed by atoms with Crippen molar-refractivity contribution in [3.05, 3.63) is 70.8 Å². The van der Waals surface area contributed by atoms with Gasteiger partial charge in [0.2, 0.25) is 0 Å². The highest BCUT2D eigenvalue weighted by Crippen LogP contribution is 2.35. The maximum atomic E-state index is 13.1. The van der Waals surface area contributed by atoms with Gasteiger partial charge in [0.15, 0.2) is 11.6 Å². The number of halogens is 2. The van der Waals surface area contributed by atoms with Crippen LogP contribution in [0.3, 0.4) is 0 Å². The SMILES string of the molecule is C[C@H]1CC[C@H](c2ccc(C#Cc3ccc(F)c(F)c3)cc2)CC1. The van der Waals surface area contributed by atoms with E-state index in [1.54, 1.807) is 0 Å². The summed E-state index contributed by atoms with van der Waals surface area (Å²) in [4.78, 5) is 0. The van der Waals surface area contributed by atoms with E-state index in [9.17, 15) is 8.78 Å². The summed E-state index contributed by atoms with van der Waals surface area (Å²) >= 11 is 0. The Balaban J connectivity index is 1.70. The molecule has 0 radical (unpaired) electrons. The van der Waals surface area contributed by atoms with E-state index in [-0.39, 0.29) is 0 Å². The minimum Gasteiger partial charge on any atom is -0.204 e. The van der Waals surface area contributed by atoms with E-state index in [0.29, 0.717) is 11.5 Å². The molecule has 23 heavy (non-hydrogen) atoms. The third kappa shape index (κ3) is 3.99. The second-order valence-corrected chi connectivity index (χ2v) is 6.46. The lowest BCUT2D eigenvalue weighted by Gasteiger charge is -2.26. The van der Waals surface area contributed by atoms with Gasteiger partial charge in [0.1, 0.15) is 0 Å². The van der Waals surface area contributed by atoms with Crippen LogP contribution in [0.2, 0.25) is 0 Å². The smallest absolute Gasteiger partial charge is 0.160 e. The first-order chi connectivity index (χ1) is 11.1. The number of hydrogen-bond donors (Lipinski definition) is 0. The molecule has 1 aliphatic rings. The molecule has 0 heterocycles. The second-order valence-electron chi connectivity index (χ2n) is 6.46. The molecule has 0 aromatic heterocycles. The van der Waals surface area contributed by atoms with Crippen molar-refractivity contribution in [1.82, 2.24) is 0 Å². The molecule has 2 aromatic rings. The van der Waals surface area contributed by atoms with Crippen molar-refractivity contribution in [2.75, 3.05) is 0 Å². The maximum Gasteiger partial charge on any atom is 0.160 e. The minimum absolute atomic E-state index is 0.481. The van der Waals surface area contributed by atoms with Crippen molar-refractivity contribution >= 4 is 0 Å². The van der Waals surface area contributed by atoms with Crippen molar-refractivity contribution in [3.8, 4) is 11.8 Å². The largest absolute Gasteiger partial charge is 0.204 e. The van der Waals surface area contributed by atoms with Gasteiger partial charge in [0.05, 0.1) is 0 Å². The van der Waals surface area contributed by atoms with E-state index in [1.165, 1.54) is 37.3 Å². The van der Waals surface area contributed by atoms with Crippen LogP contribution in [0.1, 0.15) is 55.2 Å². The van der Waals surface area contributed by atoms with Crippen LogP contribution in [0.4, 0.5) is 8.78 Å². The first-order valence-electron chi connectivity index (χ1n) is 8.19. The van der Waals surface area contributed by atoms with Gasteiger partial charge >= 0.3 is 0 Å². The Hall–Kier alpha value is -2.14. The highest BCUT2D eigenvalue weighted by molar-refractivity contribution is 5.44. The van der Waals surface area contributed by atoms with Crippen LogP contribution in [0.15, 0.2) is 42.5 Å². The fraction of sp³-hybridized carbons (Fsp3) is 0.333. The Morgan fingerprint density at radius 2 is 1.39 bits per heavy atom. The van der Waals surface area contributed by atoms with Crippen LogP contribution in [-0.2, 0) is 0 Å². The summed E-state index contributed by atoms with van der Waals surface area (Å²) < 4.78 is 26.0. The topological polar surface area (TPSA) is 0 Å². The minimum atomic E-state index is -0.862. The lowest BCUT2D eigenvalue weighted by Crippen LogP contribution is -2.10. The molecule has 2 aromatic carbocycles. The molecule has 0 unspecified atom stereocenters. The third-order valence-corrected chi connectivity index (χ3v) is 4.67. The van der Waals surface area contributed by atoms with E-state index in [1.807, 2.05) is 12.1 Å². The van der Waals surface area contributed by atoms with Crippen LogP contribution < -0.4 is 0 Å². The molecule has 0 amide bonds. The summed E-state index contributed by atoms with van der Waals surface area (Å²) in [7, 11) is 0. The molecule has 0 bridgehead atoms. The van der Waals surface area contributed by atoms with Crippen LogP contribution in [0.5, 0.6) is 0 Å². The van der Waals surface area contributed by atoms with Gasteiger partial charge in [-0.1, -0.05) is 43.7 Å². The number of benzene rings is 2. The van der Waals surface area contributed by atoms with Gasteiger partial charge in [-0.2, -0.15) is 0 Å². The molecule has 0 spiro atoms. The summed E-state index contributed by atoms with van der Waals surface area (Å²) in [5, 5.41) is 0. The standard InChI is InChI=1S/C21H20F2/c1-15-2-9-18(10-3-15)19-11-6-16(7-12-19)4-5-17-8-13-20(22)21(23)14-17/h6-8,11-15,18H,2-3,9-10H2,1H3/t15-,18-. The molecule has 1 saturated carbocycles. The van der Waals surface area contributed by atoms with Gasteiger partial charge in [-0.25, -0.2) is 8.78 Å². The molecule has 118 valence electrons. The van der Waals surface area contributed by atoms with Crippen LogP contribution in [0.25, 0.3) is 0 Å². The summed E-state index contributed by atoms with van der Waals surface area (Å²) in [6.07, 6.45) is 5.15. The molecule has 1 fully saturated rings. The van der Waals surface area contributed by atoms with Gasteiger partial charge in [0, 0.05) is 11.1 Å². The maximum absolute atomic E-state index is 13.1. The van der Waals surface area contributed by atoms with E-state index in [2.05, 4.69) is 30.9 Å².